The molecule has 0 radical (unpaired) electrons. The number of thiol groups is 1. The molecule has 0 aliphatic carbocycles. The largest absolute Gasteiger partial charge is 0.505 e. The number of hydrogen-bond acceptors (Lipinski definition) is 7. The number of aliphatic hydroxyl groups is 1. The van der Waals surface area contributed by atoms with E-state index in [1.54, 1.807) is 19.1 Å². The van der Waals surface area contributed by atoms with Gasteiger partial charge in [0.15, 0.2) is 6.23 Å². The van der Waals surface area contributed by atoms with E-state index in [0.29, 0.717) is 5.56 Å². The standard InChI is InChI=1S/C19H23N3O6S/c1-10-2-4-12-15(16(10)24)22(19(27)28-6-7-29)18(26)13-8-11(3-5-14(20)23)9-21(13)17(12)25/h2-4,13,18,24,26,29H,5-9H2,1H3,(H2,20,23)/b11-3+/t13-,18?/m0/s1. The number of ether oxygens (including phenoxy) is 1. The molecule has 4 N–H and O–H groups in total. The minimum atomic E-state index is -1.46. The van der Waals surface area contributed by atoms with Crippen molar-refractivity contribution >= 4 is 36.2 Å². The average Bonchev–Trinajstić information content (AvgIpc) is 3.08. The molecule has 0 aromatic heterocycles. The molecule has 29 heavy (non-hydrogen) atoms. The lowest BCUT2D eigenvalue weighted by molar-refractivity contribution is -0.117. The molecule has 10 heteroatoms. The Balaban J connectivity index is 2.08. The number of phenolic OH excluding ortho intramolecular Hbond substituents is 1. The van der Waals surface area contributed by atoms with Gasteiger partial charge in [-0.05, 0) is 25.0 Å². The van der Waals surface area contributed by atoms with Crippen molar-refractivity contribution in [3.63, 3.8) is 0 Å². The molecule has 1 fully saturated rings. The SMILES string of the molecule is Cc1ccc2c(c1O)N(C(=O)OCCS)C(O)[C@@H]1C/C(=C\CC(N)=O)CN1C2=O. The van der Waals surface area contributed by atoms with E-state index in [0.717, 1.165) is 10.5 Å². The van der Waals surface area contributed by atoms with Crippen LogP contribution in [0.4, 0.5) is 10.5 Å². The van der Waals surface area contributed by atoms with Gasteiger partial charge in [0.1, 0.15) is 18.0 Å². The van der Waals surface area contributed by atoms with Gasteiger partial charge in [0, 0.05) is 18.7 Å². The molecule has 2 heterocycles. The van der Waals surface area contributed by atoms with Crippen molar-refractivity contribution < 1.29 is 29.3 Å². The first kappa shape index (κ1) is 21.0. The molecule has 0 saturated carbocycles. The molecule has 0 bridgehead atoms. The summed E-state index contributed by atoms with van der Waals surface area (Å²) in [6.45, 7) is 1.81. The minimum Gasteiger partial charge on any atom is -0.505 e. The molecular weight excluding hydrogens is 398 g/mol. The molecule has 2 aliphatic rings. The second kappa shape index (κ2) is 8.34. The molecule has 1 aromatic carbocycles. The lowest BCUT2D eigenvalue weighted by Crippen LogP contribution is -2.51. The summed E-state index contributed by atoms with van der Waals surface area (Å²) in [4.78, 5) is 39.3. The third kappa shape index (κ3) is 3.90. The first-order valence-electron chi connectivity index (χ1n) is 9.11. The summed E-state index contributed by atoms with van der Waals surface area (Å²) in [5.74, 6) is -0.944. The number of anilines is 1. The Kier molecular flexibility index (Phi) is 6.04. The van der Waals surface area contributed by atoms with Crippen molar-refractivity contribution in [1.29, 1.82) is 0 Å². The Labute approximate surface area is 173 Å². The van der Waals surface area contributed by atoms with Crippen LogP contribution in [-0.4, -0.2) is 64.2 Å². The van der Waals surface area contributed by atoms with Gasteiger partial charge in [0.05, 0.1) is 11.6 Å². The lowest BCUT2D eigenvalue weighted by atomic mass is 10.1. The van der Waals surface area contributed by atoms with Crippen molar-refractivity contribution in [2.24, 2.45) is 5.73 Å². The molecule has 1 saturated heterocycles. The number of nitrogens with zero attached hydrogens (tertiary/aromatic N) is 2. The topological polar surface area (TPSA) is 133 Å². The van der Waals surface area contributed by atoms with E-state index >= 15 is 0 Å². The first-order valence-corrected chi connectivity index (χ1v) is 9.74. The van der Waals surface area contributed by atoms with Crippen LogP contribution in [0.25, 0.3) is 0 Å². The smallest absolute Gasteiger partial charge is 0.416 e. The van der Waals surface area contributed by atoms with Gasteiger partial charge in [0.25, 0.3) is 5.91 Å². The second-order valence-corrected chi connectivity index (χ2v) is 7.43. The predicted molar refractivity (Wildman–Crippen MR) is 108 cm³/mol. The number of rotatable bonds is 4. The van der Waals surface area contributed by atoms with E-state index in [1.807, 2.05) is 0 Å². The van der Waals surface area contributed by atoms with Crippen LogP contribution in [0.5, 0.6) is 5.75 Å². The zero-order valence-corrected chi connectivity index (χ0v) is 16.8. The van der Waals surface area contributed by atoms with Crippen molar-refractivity contribution in [3.8, 4) is 5.75 Å². The van der Waals surface area contributed by atoms with Gasteiger partial charge in [-0.15, -0.1) is 0 Å². The van der Waals surface area contributed by atoms with Gasteiger partial charge in [-0.1, -0.05) is 17.7 Å². The van der Waals surface area contributed by atoms with Gasteiger partial charge < -0.3 is 25.6 Å². The fourth-order valence-electron chi connectivity index (χ4n) is 3.62. The van der Waals surface area contributed by atoms with Crippen LogP contribution < -0.4 is 10.6 Å². The molecular formula is C19H23N3O6S. The van der Waals surface area contributed by atoms with Crippen molar-refractivity contribution in [2.45, 2.75) is 32.0 Å². The Morgan fingerprint density at radius 2 is 2.14 bits per heavy atom. The van der Waals surface area contributed by atoms with Crippen LogP contribution in [0.2, 0.25) is 0 Å². The maximum atomic E-state index is 13.2. The fraction of sp³-hybridized carbons (Fsp3) is 0.421. The van der Waals surface area contributed by atoms with Gasteiger partial charge in [-0.3, -0.25) is 9.59 Å². The van der Waals surface area contributed by atoms with Crippen molar-refractivity contribution in [3.05, 3.63) is 34.9 Å². The quantitative estimate of drug-likeness (QED) is 0.422. The number of amides is 3. The third-order valence-corrected chi connectivity index (χ3v) is 5.23. The number of phenols is 1. The van der Waals surface area contributed by atoms with E-state index < -0.39 is 30.2 Å². The van der Waals surface area contributed by atoms with Gasteiger partial charge in [0.2, 0.25) is 5.91 Å². The van der Waals surface area contributed by atoms with E-state index in [-0.39, 0.29) is 48.7 Å². The molecule has 2 aliphatic heterocycles. The number of benzene rings is 1. The summed E-state index contributed by atoms with van der Waals surface area (Å²) >= 11 is 4.01. The van der Waals surface area contributed by atoms with Gasteiger partial charge >= 0.3 is 6.09 Å². The summed E-state index contributed by atoms with van der Waals surface area (Å²) in [5.41, 5.74) is 6.38. The maximum absolute atomic E-state index is 13.2. The van der Waals surface area contributed by atoms with E-state index in [4.69, 9.17) is 10.5 Å². The van der Waals surface area contributed by atoms with Crippen LogP contribution in [0.1, 0.15) is 28.8 Å². The van der Waals surface area contributed by atoms with Crippen LogP contribution >= 0.6 is 12.6 Å². The first-order chi connectivity index (χ1) is 13.8. The number of aliphatic hydroxyl groups excluding tert-OH is 1. The number of nitrogens with two attached hydrogens (primary N) is 1. The molecule has 0 spiro atoms. The fourth-order valence-corrected chi connectivity index (χ4v) is 3.71. The number of fused-ring (bicyclic) bond motifs is 2. The number of hydrogen-bond donors (Lipinski definition) is 4. The molecule has 9 nitrogen and oxygen atoms in total. The summed E-state index contributed by atoms with van der Waals surface area (Å²) in [5, 5.41) is 21.6. The van der Waals surface area contributed by atoms with Crippen LogP contribution in [0.3, 0.4) is 0 Å². The highest BCUT2D eigenvalue weighted by molar-refractivity contribution is 7.80. The van der Waals surface area contributed by atoms with Crippen LogP contribution in [0.15, 0.2) is 23.8 Å². The van der Waals surface area contributed by atoms with Crippen LogP contribution in [-0.2, 0) is 9.53 Å². The molecule has 1 unspecified atom stereocenters. The Hall–Kier alpha value is -2.72. The second-order valence-electron chi connectivity index (χ2n) is 6.99. The van der Waals surface area contributed by atoms with Gasteiger partial charge in [-0.2, -0.15) is 12.6 Å². The normalized spacial score (nSPS) is 22.3. The Morgan fingerprint density at radius 3 is 2.79 bits per heavy atom. The highest BCUT2D eigenvalue weighted by atomic mass is 32.1. The number of carbonyl (C=O) groups is 3. The third-order valence-electron chi connectivity index (χ3n) is 5.04. The highest BCUT2D eigenvalue weighted by Crippen LogP contribution is 2.42. The number of carbonyl (C=O) groups excluding carboxylic acids is 3. The molecule has 3 amide bonds. The molecule has 156 valence electrons. The van der Waals surface area contributed by atoms with E-state index in [1.165, 1.54) is 11.0 Å². The maximum Gasteiger partial charge on any atom is 0.416 e. The molecule has 2 atom stereocenters. The van der Waals surface area contributed by atoms with E-state index in [2.05, 4.69) is 12.6 Å². The Bertz CT molecular complexity index is 887. The number of aromatic hydroxyl groups is 1. The lowest BCUT2D eigenvalue weighted by Gasteiger charge is -2.31. The van der Waals surface area contributed by atoms with E-state index in [9.17, 15) is 24.6 Å². The van der Waals surface area contributed by atoms with Crippen molar-refractivity contribution in [2.75, 3.05) is 23.8 Å². The zero-order valence-electron chi connectivity index (χ0n) is 15.9. The average molecular weight is 421 g/mol. The summed E-state index contributed by atoms with van der Waals surface area (Å²) in [6, 6.07) is 2.30. The summed E-state index contributed by atoms with van der Waals surface area (Å²) in [7, 11) is 0. The molecule has 3 rings (SSSR count). The Morgan fingerprint density at radius 1 is 1.41 bits per heavy atom. The highest BCUT2D eigenvalue weighted by Gasteiger charge is 2.47. The van der Waals surface area contributed by atoms with Gasteiger partial charge in [-0.25, -0.2) is 9.69 Å². The number of primary amides is 1. The van der Waals surface area contributed by atoms with Crippen LogP contribution in [0, 0.1) is 6.92 Å². The summed E-state index contributed by atoms with van der Waals surface area (Å²) in [6.07, 6.45) is -0.444. The summed E-state index contributed by atoms with van der Waals surface area (Å²) < 4.78 is 5.13. The molecule has 1 aromatic rings. The van der Waals surface area contributed by atoms with Crippen molar-refractivity contribution in [1.82, 2.24) is 4.90 Å². The predicted octanol–water partition coefficient (Wildman–Crippen LogP) is 0.922. The zero-order chi connectivity index (χ0) is 21.3. The number of aryl methyl sites for hydroxylation is 1. The minimum absolute atomic E-state index is 0.000826. The monoisotopic (exact) mass is 421 g/mol.